The van der Waals surface area contributed by atoms with Crippen LogP contribution in [0, 0.1) is 12.7 Å². The lowest BCUT2D eigenvalue weighted by molar-refractivity contribution is -0.0652. The number of halogens is 1. The van der Waals surface area contributed by atoms with Crippen molar-refractivity contribution >= 4 is 5.78 Å². The first-order chi connectivity index (χ1) is 8.95. The zero-order chi connectivity index (χ0) is 14.0. The molecule has 0 bridgehead atoms. The van der Waals surface area contributed by atoms with E-state index in [1.54, 1.807) is 19.1 Å². The van der Waals surface area contributed by atoms with Gasteiger partial charge in [0.1, 0.15) is 5.82 Å². The first-order valence-electron chi connectivity index (χ1n) is 6.63. The zero-order valence-corrected chi connectivity index (χ0v) is 11.6. The standard InChI is InChI=1S/C15H20FNO2/c1-10-6-13(4-5-14(10)16)15(18)9-17-7-11(2)19-12(3)8-17/h4-6,11-12H,7-9H2,1-3H3. The van der Waals surface area contributed by atoms with Gasteiger partial charge in [-0.25, -0.2) is 4.39 Å². The Hall–Kier alpha value is -1.26. The molecule has 2 unspecified atom stereocenters. The molecular formula is C15H20FNO2. The zero-order valence-electron chi connectivity index (χ0n) is 11.6. The number of carbonyl (C=O) groups excluding carboxylic acids is 1. The fraction of sp³-hybridized carbons (Fsp3) is 0.533. The highest BCUT2D eigenvalue weighted by Gasteiger charge is 2.24. The Bertz CT molecular complexity index is 465. The van der Waals surface area contributed by atoms with Gasteiger partial charge >= 0.3 is 0 Å². The highest BCUT2D eigenvalue weighted by Crippen LogP contribution is 2.13. The minimum atomic E-state index is -0.273. The maximum absolute atomic E-state index is 13.2. The molecule has 1 heterocycles. The molecule has 1 aromatic carbocycles. The highest BCUT2D eigenvalue weighted by molar-refractivity contribution is 5.97. The van der Waals surface area contributed by atoms with E-state index in [1.807, 2.05) is 13.8 Å². The number of rotatable bonds is 3. The van der Waals surface area contributed by atoms with Crippen molar-refractivity contribution in [3.05, 3.63) is 35.1 Å². The maximum atomic E-state index is 13.2. The molecule has 2 atom stereocenters. The van der Waals surface area contributed by atoms with Gasteiger partial charge in [-0.05, 0) is 44.5 Å². The van der Waals surface area contributed by atoms with Gasteiger partial charge in [0.2, 0.25) is 0 Å². The van der Waals surface area contributed by atoms with E-state index >= 15 is 0 Å². The number of hydrogen-bond donors (Lipinski definition) is 0. The number of Topliss-reactive ketones (excluding diaryl/α,β-unsaturated/α-hetero) is 1. The summed E-state index contributed by atoms with van der Waals surface area (Å²) >= 11 is 0. The monoisotopic (exact) mass is 265 g/mol. The summed E-state index contributed by atoms with van der Waals surface area (Å²) in [4.78, 5) is 14.3. The van der Waals surface area contributed by atoms with Crippen molar-refractivity contribution in [3.8, 4) is 0 Å². The van der Waals surface area contributed by atoms with Crippen molar-refractivity contribution < 1.29 is 13.9 Å². The lowest BCUT2D eigenvalue weighted by Crippen LogP contribution is -2.47. The summed E-state index contributed by atoms with van der Waals surface area (Å²) in [5, 5.41) is 0. The number of nitrogens with zero attached hydrogens (tertiary/aromatic N) is 1. The summed E-state index contributed by atoms with van der Waals surface area (Å²) in [5.74, 6) is -0.241. The van der Waals surface area contributed by atoms with E-state index < -0.39 is 0 Å². The molecule has 1 saturated heterocycles. The normalized spacial score (nSPS) is 24.4. The molecule has 104 valence electrons. The number of ether oxygens (including phenoxy) is 1. The van der Waals surface area contributed by atoms with Crippen LogP contribution in [0.5, 0.6) is 0 Å². The largest absolute Gasteiger partial charge is 0.373 e. The summed E-state index contributed by atoms with van der Waals surface area (Å²) in [7, 11) is 0. The highest BCUT2D eigenvalue weighted by atomic mass is 19.1. The maximum Gasteiger partial charge on any atom is 0.176 e. The summed E-state index contributed by atoms with van der Waals surface area (Å²) in [5.41, 5.74) is 1.08. The van der Waals surface area contributed by atoms with Crippen LogP contribution in [0.2, 0.25) is 0 Å². The van der Waals surface area contributed by atoms with Crippen LogP contribution in [0.3, 0.4) is 0 Å². The first kappa shape index (κ1) is 14.2. The molecule has 1 aliphatic heterocycles. The summed E-state index contributed by atoms with van der Waals surface area (Å²) < 4.78 is 18.8. The summed E-state index contributed by atoms with van der Waals surface area (Å²) in [6, 6.07) is 4.52. The van der Waals surface area contributed by atoms with Crippen molar-refractivity contribution in [3.63, 3.8) is 0 Å². The van der Waals surface area contributed by atoms with Crippen LogP contribution in [-0.2, 0) is 4.74 Å². The SMILES string of the molecule is Cc1cc(C(=O)CN2CC(C)OC(C)C2)ccc1F. The Kier molecular flexibility index (Phi) is 4.32. The molecule has 3 nitrogen and oxygen atoms in total. The minimum Gasteiger partial charge on any atom is -0.373 e. The van der Waals surface area contributed by atoms with Crippen LogP contribution < -0.4 is 0 Å². The average molecular weight is 265 g/mol. The number of morpholine rings is 1. The van der Waals surface area contributed by atoms with E-state index in [4.69, 9.17) is 4.74 Å². The Labute approximate surface area is 113 Å². The molecule has 0 radical (unpaired) electrons. The van der Waals surface area contributed by atoms with Crippen LogP contribution in [-0.4, -0.2) is 42.5 Å². The van der Waals surface area contributed by atoms with Gasteiger partial charge in [-0.15, -0.1) is 0 Å². The second-order valence-electron chi connectivity index (χ2n) is 5.34. The molecule has 0 N–H and O–H groups in total. The predicted molar refractivity (Wildman–Crippen MR) is 71.9 cm³/mol. The topological polar surface area (TPSA) is 29.5 Å². The first-order valence-corrected chi connectivity index (χ1v) is 6.63. The Morgan fingerprint density at radius 2 is 2.00 bits per heavy atom. The third-order valence-electron chi connectivity index (χ3n) is 3.34. The molecule has 19 heavy (non-hydrogen) atoms. The van der Waals surface area contributed by atoms with Crippen LogP contribution >= 0.6 is 0 Å². The van der Waals surface area contributed by atoms with Crippen LogP contribution in [0.15, 0.2) is 18.2 Å². The van der Waals surface area contributed by atoms with E-state index in [0.717, 1.165) is 13.1 Å². The Balaban J connectivity index is 2.02. The smallest absolute Gasteiger partial charge is 0.176 e. The second-order valence-corrected chi connectivity index (χ2v) is 5.34. The lowest BCUT2D eigenvalue weighted by atomic mass is 10.1. The molecule has 0 spiro atoms. The van der Waals surface area contributed by atoms with Crippen molar-refractivity contribution in [2.45, 2.75) is 33.0 Å². The number of carbonyl (C=O) groups is 1. The number of hydrogen-bond acceptors (Lipinski definition) is 3. The quantitative estimate of drug-likeness (QED) is 0.786. The van der Waals surface area contributed by atoms with Gasteiger partial charge in [-0.3, -0.25) is 9.69 Å². The molecule has 1 aliphatic rings. The third kappa shape index (κ3) is 3.61. The molecule has 2 rings (SSSR count). The number of aryl methyl sites for hydroxylation is 1. The Morgan fingerprint density at radius 3 is 2.58 bits per heavy atom. The average Bonchev–Trinajstić information content (AvgIpc) is 2.31. The van der Waals surface area contributed by atoms with Crippen molar-refractivity contribution in [2.75, 3.05) is 19.6 Å². The van der Waals surface area contributed by atoms with Gasteiger partial charge in [0.05, 0.1) is 18.8 Å². The van der Waals surface area contributed by atoms with Gasteiger partial charge in [-0.1, -0.05) is 0 Å². The molecule has 0 saturated carbocycles. The second kappa shape index (κ2) is 5.80. The molecule has 0 amide bonds. The van der Waals surface area contributed by atoms with E-state index in [-0.39, 0.29) is 23.8 Å². The predicted octanol–water partition coefficient (Wildman–Crippen LogP) is 2.43. The number of ketones is 1. The lowest BCUT2D eigenvalue weighted by Gasteiger charge is -2.34. The van der Waals surface area contributed by atoms with Crippen molar-refractivity contribution in [1.82, 2.24) is 4.90 Å². The summed E-state index contributed by atoms with van der Waals surface area (Å²) in [6.45, 7) is 7.57. The van der Waals surface area contributed by atoms with E-state index in [2.05, 4.69) is 4.90 Å². The van der Waals surface area contributed by atoms with Gasteiger partial charge < -0.3 is 4.74 Å². The van der Waals surface area contributed by atoms with E-state index in [0.29, 0.717) is 17.7 Å². The van der Waals surface area contributed by atoms with Crippen LogP contribution in [0.1, 0.15) is 29.8 Å². The van der Waals surface area contributed by atoms with Crippen molar-refractivity contribution in [1.29, 1.82) is 0 Å². The van der Waals surface area contributed by atoms with Gasteiger partial charge in [0.25, 0.3) is 0 Å². The minimum absolute atomic E-state index is 0.0319. The fourth-order valence-electron chi connectivity index (χ4n) is 2.53. The van der Waals surface area contributed by atoms with Crippen LogP contribution in [0.4, 0.5) is 4.39 Å². The van der Waals surface area contributed by atoms with Gasteiger partial charge in [0.15, 0.2) is 5.78 Å². The van der Waals surface area contributed by atoms with Crippen molar-refractivity contribution in [2.24, 2.45) is 0 Å². The Morgan fingerprint density at radius 1 is 1.37 bits per heavy atom. The van der Waals surface area contributed by atoms with Gasteiger partial charge in [-0.2, -0.15) is 0 Å². The van der Waals surface area contributed by atoms with E-state index in [9.17, 15) is 9.18 Å². The van der Waals surface area contributed by atoms with Crippen LogP contribution in [0.25, 0.3) is 0 Å². The fourth-order valence-corrected chi connectivity index (χ4v) is 2.53. The van der Waals surface area contributed by atoms with Gasteiger partial charge in [0, 0.05) is 18.7 Å². The molecule has 1 fully saturated rings. The molecule has 4 heteroatoms. The molecule has 1 aromatic rings. The molecule has 0 aromatic heterocycles. The van der Waals surface area contributed by atoms with E-state index in [1.165, 1.54) is 6.07 Å². The molecule has 0 aliphatic carbocycles. The number of benzene rings is 1. The third-order valence-corrected chi connectivity index (χ3v) is 3.34. The molecular weight excluding hydrogens is 245 g/mol. The summed E-state index contributed by atoms with van der Waals surface area (Å²) in [6.07, 6.45) is 0.290.